The highest BCUT2D eigenvalue weighted by molar-refractivity contribution is 7.79. The van der Waals surface area contributed by atoms with Gasteiger partial charge in [-0.15, -0.1) is 0 Å². The Hall–Kier alpha value is -0.810. The number of morpholine rings is 1. The first-order valence-corrected chi connectivity index (χ1v) is 7.06. The van der Waals surface area contributed by atoms with Crippen LogP contribution in [0.2, 0.25) is 0 Å². The van der Waals surface area contributed by atoms with Crippen LogP contribution in [0, 0.1) is 0 Å². The van der Waals surface area contributed by atoms with Crippen molar-refractivity contribution in [1.29, 1.82) is 0 Å². The van der Waals surface area contributed by atoms with Gasteiger partial charge in [0.15, 0.2) is 0 Å². The van der Waals surface area contributed by atoms with E-state index in [1.54, 1.807) is 5.37 Å². The van der Waals surface area contributed by atoms with Crippen LogP contribution in [-0.4, -0.2) is 42.1 Å². The van der Waals surface area contributed by atoms with Crippen LogP contribution in [0.1, 0.15) is 31.1 Å². The molecule has 0 aliphatic carbocycles. The lowest BCUT2D eigenvalue weighted by molar-refractivity contribution is -0.0862. The molecule has 1 aromatic carbocycles. The smallest absolute Gasteiger partial charge is 0.136 e. The molecule has 1 radical (unpaired) electrons. The summed E-state index contributed by atoms with van der Waals surface area (Å²) in [5, 5.41) is 14.4. The highest BCUT2D eigenvalue weighted by Gasteiger charge is 2.37. The number of thiocarbonyl (C=S) groups is 1. The molecule has 1 atom stereocenters. The second kappa shape index (κ2) is 6.09. The van der Waals surface area contributed by atoms with E-state index < -0.39 is 11.6 Å². The predicted molar refractivity (Wildman–Crippen MR) is 79.1 cm³/mol. The van der Waals surface area contributed by atoms with Crippen molar-refractivity contribution in [2.75, 3.05) is 26.3 Å². The third-order valence-corrected chi connectivity index (χ3v) is 4.12. The number of rotatable bonds is 4. The Balaban J connectivity index is 2.15. The van der Waals surface area contributed by atoms with Crippen LogP contribution < -0.4 is 0 Å². The van der Waals surface area contributed by atoms with E-state index in [4.69, 9.17) is 17.0 Å². The summed E-state index contributed by atoms with van der Waals surface area (Å²) < 4.78 is 5.35. The Morgan fingerprint density at radius 1 is 1.26 bits per heavy atom. The summed E-state index contributed by atoms with van der Waals surface area (Å²) in [5.74, 6) is 0. The molecule has 1 heterocycles. The highest BCUT2D eigenvalue weighted by atomic mass is 32.1. The van der Waals surface area contributed by atoms with E-state index >= 15 is 0 Å². The molecule has 1 unspecified atom stereocenters. The van der Waals surface area contributed by atoms with E-state index in [9.17, 15) is 5.11 Å². The lowest BCUT2D eigenvalue weighted by atomic mass is 9.89. The molecule has 1 aliphatic rings. The van der Waals surface area contributed by atoms with Crippen molar-refractivity contribution in [3.8, 4) is 0 Å². The van der Waals surface area contributed by atoms with Crippen LogP contribution in [0.15, 0.2) is 24.3 Å². The Bertz CT molecular complexity index is 424. The molecule has 0 N–H and O–H groups in total. The van der Waals surface area contributed by atoms with Crippen LogP contribution in [0.25, 0.3) is 0 Å². The molecule has 4 heteroatoms. The molecule has 1 aliphatic heterocycles. The van der Waals surface area contributed by atoms with Gasteiger partial charge in [-0.2, -0.15) is 0 Å². The van der Waals surface area contributed by atoms with Crippen molar-refractivity contribution in [3.05, 3.63) is 35.4 Å². The molecule has 19 heavy (non-hydrogen) atoms. The van der Waals surface area contributed by atoms with E-state index in [1.807, 2.05) is 38.1 Å². The van der Waals surface area contributed by atoms with Crippen molar-refractivity contribution in [2.24, 2.45) is 0 Å². The maximum absolute atomic E-state index is 12.7. The van der Waals surface area contributed by atoms with Gasteiger partial charge in [-0.25, -0.2) is 5.11 Å². The Kier molecular flexibility index (Phi) is 4.68. The number of nitrogens with zero attached hydrogens (tertiary/aromatic N) is 1. The quantitative estimate of drug-likeness (QED) is 0.794. The minimum atomic E-state index is -0.773. The fourth-order valence-corrected chi connectivity index (χ4v) is 2.62. The predicted octanol–water partition coefficient (Wildman–Crippen LogP) is 2.62. The molecule has 0 amide bonds. The summed E-state index contributed by atoms with van der Waals surface area (Å²) in [6.07, 6.45) is -0.773. The minimum Gasteiger partial charge on any atom is -0.379 e. The molecule has 1 fully saturated rings. The molecule has 0 bridgehead atoms. The zero-order valence-corrected chi connectivity index (χ0v) is 12.3. The number of hydrogen-bond donors (Lipinski definition) is 0. The van der Waals surface area contributed by atoms with Gasteiger partial charge in [-0.05, 0) is 25.0 Å². The summed E-state index contributed by atoms with van der Waals surface area (Å²) in [6.45, 7) is 7.10. The van der Waals surface area contributed by atoms with Gasteiger partial charge in [0.05, 0.1) is 13.2 Å². The Morgan fingerprint density at radius 2 is 1.84 bits per heavy atom. The third-order valence-electron chi connectivity index (χ3n) is 3.84. The summed E-state index contributed by atoms with van der Waals surface area (Å²) in [5.41, 5.74) is 1.37. The van der Waals surface area contributed by atoms with Gasteiger partial charge in [0, 0.05) is 24.0 Å². The van der Waals surface area contributed by atoms with Gasteiger partial charge >= 0.3 is 0 Å². The first-order valence-electron chi connectivity index (χ1n) is 6.59. The Labute approximate surface area is 120 Å². The average Bonchev–Trinajstić information content (AvgIpc) is 2.47. The maximum Gasteiger partial charge on any atom is 0.136 e. The van der Waals surface area contributed by atoms with Gasteiger partial charge in [0.1, 0.15) is 6.10 Å². The van der Waals surface area contributed by atoms with Crippen molar-refractivity contribution in [2.45, 2.75) is 25.5 Å². The molecule has 103 valence electrons. The largest absolute Gasteiger partial charge is 0.379 e. The molecule has 0 saturated carbocycles. The topological polar surface area (TPSA) is 32.4 Å². The van der Waals surface area contributed by atoms with Crippen molar-refractivity contribution < 1.29 is 9.84 Å². The monoisotopic (exact) mass is 278 g/mol. The average molecular weight is 278 g/mol. The second-order valence-corrected chi connectivity index (χ2v) is 5.65. The SMILES string of the molecule is CC(C)(C([O])c1ccc(C=S)cc1)N1CCOCC1. The first-order chi connectivity index (χ1) is 9.05. The van der Waals surface area contributed by atoms with Gasteiger partial charge in [-0.3, -0.25) is 4.90 Å². The van der Waals surface area contributed by atoms with Crippen molar-refractivity contribution in [1.82, 2.24) is 4.90 Å². The first kappa shape index (κ1) is 14.6. The van der Waals surface area contributed by atoms with Gasteiger partial charge in [-0.1, -0.05) is 36.5 Å². The number of ether oxygens (including phenoxy) is 1. The Morgan fingerprint density at radius 3 is 2.37 bits per heavy atom. The second-order valence-electron chi connectivity index (χ2n) is 5.42. The normalized spacial score (nSPS) is 19.1. The van der Waals surface area contributed by atoms with Crippen molar-refractivity contribution >= 4 is 17.6 Å². The van der Waals surface area contributed by atoms with Crippen LogP contribution in [0.4, 0.5) is 0 Å². The zero-order chi connectivity index (χ0) is 13.9. The zero-order valence-electron chi connectivity index (χ0n) is 11.5. The fourth-order valence-electron chi connectivity index (χ4n) is 2.46. The summed E-state index contributed by atoms with van der Waals surface area (Å²) in [4.78, 5) is 2.22. The lowest BCUT2D eigenvalue weighted by Gasteiger charge is -2.43. The van der Waals surface area contributed by atoms with Crippen LogP contribution >= 0.6 is 12.2 Å². The number of benzene rings is 1. The van der Waals surface area contributed by atoms with Gasteiger partial charge in [0.2, 0.25) is 0 Å². The summed E-state index contributed by atoms with van der Waals surface area (Å²) >= 11 is 4.88. The molecular formula is C15H20NO2S. The fraction of sp³-hybridized carbons (Fsp3) is 0.533. The standard InChI is InChI=1S/C15H20NO2S/c1-15(2,16-7-9-18-10-8-16)14(17)13-5-3-12(11-19)4-6-13/h3-6,11,14H,7-10H2,1-2H3. The molecule has 1 aromatic rings. The van der Waals surface area contributed by atoms with Crippen LogP contribution in [-0.2, 0) is 9.84 Å². The third kappa shape index (κ3) is 3.20. The van der Waals surface area contributed by atoms with Gasteiger partial charge in [0.25, 0.3) is 0 Å². The highest BCUT2D eigenvalue weighted by Crippen LogP contribution is 2.32. The molecule has 0 aromatic heterocycles. The van der Waals surface area contributed by atoms with Crippen molar-refractivity contribution in [3.63, 3.8) is 0 Å². The summed E-state index contributed by atoms with van der Waals surface area (Å²) in [6, 6.07) is 7.58. The molecule has 1 saturated heterocycles. The molecule has 0 spiro atoms. The number of hydrogen-bond acceptors (Lipinski definition) is 3. The van der Waals surface area contributed by atoms with E-state index in [0.717, 1.165) is 24.2 Å². The van der Waals surface area contributed by atoms with Crippen LogP contribution in [0.3, 0.4) is 0 Å². The lowest BCUT2D eigenvalue weighted by Crippen LogP contribution is -2.52. The molecular weight excluding hydrogens is 258 g/mol. The molecule has 2 rings (SSSR count). The maximum atomic E-state index is 12.7. The minimum absolute atomic E-state index is 0.414. The van der Waals surface area contributed by atoms with Crippen LogP contribution in [0.5, 0.6) is 0 Å². The van der Waals surface area contributed by atoms with E-state index in [2.05, 4.69) is 4.90 Å². The van der Waals surface area contributed by atoms with E-state index in [0.29, 0.717) is 13.2 Å². The van der Waals surface area contributed by atoms with E-state index in [1.165, 1.54) is 0 Å². The summed E-state index contributed by atoms with van der Waals surface area (Å²) in [7, 11) is 0. The van der Waals surface area contributed by atoms with Gasteiger partial charge < -0.3 is 4.74 Å². The van der Waals surface area contributed by atoms with E-state index in [-0.39, 0.29) is 0 Å². The molecule has 3 nitrogen and oxygen atoms in total.